The minimum atomic E-state index is 0.769. The van der Waals surface area contributed by atoms with Crippen molar-refractivity contribution in [2.75, 3.05) is 19.6 Å². The van der Waals surface area contributed by atoms with Gasteiger partial charge in [-0.1, -0.05) is 32.1 Å². The zero-order valence-corrected chi connectivity index (χ0v) is 8.02. The first kappa shape index (κ1) is 10.0. The Hall–Kier alpha value is -0.0800. The number of nitrogens with one attached hydrogen (secondary N) is 1. The summed E-state index contributed by atoms with van der Waals surface area (Å²) in [6, 6.07) is 0. The Bertz CT molecular complexity index is 98.0. The van der Waals surface area contributed by atoms with Gasteiger partial charge in [-0.15, -0.1) is 0 Å². The van der Waals surface area contributed by atoms with Crippen molar-refractivity contribution >= 4 is 0 Å². The van der Waals surface area contributed by atoms with Gasteiger partial charge in [-0.25, -0.2) is 0 Å². The van der Waals surface area contributed by atoms with Gasteiger partial charge in [0.05, 0.1) is 0 Å². The number of nitrogens with two attached hydrogens (primary N) is 1. The molecule has 0 unspecified atom stereocenters. The van der Waals surface area contributed by atoms with Crippen LogP contribution in [0.25, 0.3) is 0 Å². The van der Waals surface area contributed by atoms with Gasteiger partial charge in [0.1, 0.15) is 0 Å². The van der Waals surface area contributed by atoms with E-state index in [1.165, 1.54) is 45.1 Å². The maximum Gasteiger partial charge on any atom is 0.00745 e. The molecule has 0 aromatic heterocycles. The van der Waals surface area contributed by atoms with E-state index in [4.69, 9.17) is 5.73 Å². The average Bonchev–Trinajstić information content (AvgIpc) is 2.14. The van der Waals surface area contributed by atoms with E-state index in [1.54, 1.807) is 0 Å². The van der Waals surface area contributed by atoms with Crippen LogP contribution >= 0.6 is 0 Å². The van der Waals surface area contributed by atoms with Gasteiger partial charge in [0.25, 0.3) is 0 Å². The van der Waals surface area contributed by atoms with Crippen LogP contribution < -0.4 is 11.1 Å². The van der Waals surface area contributed by atoms with Crippen LogP contribution in [0.5, 0.6) is 0 Å². The molecule has 0 spiro atoms. The molecule has 0 heterocycles. The lowest BCUT2D eigenvalue weighted by molar-refractivity contribution is 0.334. The third kappa shape index (κ3) is 4.07. The second-order valence-corrected chi connectivity index (χ2v) is 3.83. The Balaban J connectivity index is 1.91. The Morgan fingerprint density at radius 1 is 1.08 bits per heavy atom. The van der Waals surface area contributed by atoms with Crippen molar-refractivity contribution in [1.29, 1.82) is 0 Å². The molecule has 1 aliphatic rings. The first-order chi connectivity index (χ1) is 5.93. The molecule has 0 radical (unpaired) electrons. The lowest BCUT2D eigenvalue weighted by Gasteiger charge is -2.21. The summed E-state index contributed by atoms with van der Waals surface area (Å²) in [5, 5.41) is 3.36. The molecule has 72 valence electrons. The molecule has 2 heteroatoms. The molecule has 0 atom stereocenters. The summed E-state index contributed by atoms with van der Waals surface area (Å²) in [4.78, 5) is 0. The molecule has 1 saturated carbocycles. The number of hydrogen-bond acceptors (Lipinski definition) is 2. The summed E-state index contributed by atoms with van der Waals surface area (Å²) in [7, 11) is 0. The van der Waals surface area contributed by atoms with E-state index in [-0.39, 0.29) is 0 Å². The monoisotopic (exact) mass is 170 g/mol. The van der Waals surface area contributed by atoms with Crippen molar-refractivity contribution in [3.63, 3.8) is 0 Å². The van der Waals surface area contributed by atoms with Gasteiger partial charge in [0.15, 0.2) is 0 Å². The van der Waals surface area contributed by atoms with Crippen molar-refractivity contribution < 1.29 is 0 Å². The van der Waals surface area contributed by atoms with Gasteiger partial charge in [-0.05, 0) is 18.9 Å². The highest BCUT2D eigenvalue weighted by Crippen LogP contribution is 2.25. The maximum atomic E-state index is 5.39. The van der Waals surface area contributed by atoms with Gasteiger partial charge in [0.2, 0.25) is 0 Å². The SMILES string of the molecule is NCCNCCC1CCCCC1. The van der Waals surface area contributed by atoms with Gasteiger partial charge < -0.3 is 11.1 Å². The fourth-order valence-electron chi connectivity index (χ4n) is 2.01. The Morgan fingerprint density at radius 3 is 2.50 bits per heavy atom. The van der Waals surface area contributed by atoms with Crippen LogP contribution in [0.3, 0.4) is 0 Å². The lowest BCUT2D eigenvalue weighted by atomic mass is 9.87. The molecule has 0 aromatic rings. The van der Waals surface area contributed by atoms with E-state index in [9.17, 15) is 0 Å². The predicted octanol–water partition coefficient (Wildman–Crippen LogP) is 1.51. The molecule has 0 saturated heterocycles. The van der Waals surface area contributed by atoms with Gasteiger partial charge in [-0.2, -0.15) is 0 Å². The van der Waals surface area contributed by atoms with Crippen molar-refractivity contribution in [2.24, 2.45) is 11.7 Å². The van der Waals surface area contributed by atoms with Crippen LogP contribution in [0.15, 0.2) is 0 Å². The molecule has 2 nitrogen and oxygen atoms in total. The van der Waals surface area contributed by atoms with Crippen molar-refractivity contribution in [3.05, 3.63) is 0 Å². The summed E-state index contributed by atoms with van der Waals surface area (Å²) in [6.07, 6.45) is 8.67. The molecule has 1 fully saturated rings. The van der Waals surface area contributed by atoms with Crippen molar-refractivity contribution in [1.82, 2.24) is 5.32 Å². The summed E-state index contributed by atoms with van der Waals surface area (Å²) >= 11 is 0. The fourth-order valence-corrected chi connectivity index (χ4v) is 2.01. The number of rotatable bonds is 5. The molecule has 0 amide bonds. The smallest absolute Gasteiger partial charge is 0.00745 e. The Morgan fingerprint density at radius 2 is 1.83 bits per heavy atom. The quantitative estimate of drug-likeness (QED) is 0.614. The van der Waals surface area contributed by atoms with E-state index >= 15 is 0 Å². The van der Waals surface area contributed by atoms with Crippen LogP contribution in [0, 0.1) is 5.92 Å². The van der Waals surface area contributed by atoms with Crippen LogP contribution in [0.1, 0.15) is 38.5 Å². The molecule has 1 rings (SSSR count). The van der Waals surface area contributed by atoms with Crippen LogP contribution in [-0.4, -0.2) is 19.6 Å². The summed E-state index contributed by atoms with van der Waals surface area (Å²) in [5.74, 6) is 1.00. The van der Waals surface area contributed by atoms with E-state index in [1.807, 2.05) is 0 Å². The van der Waals surface area contributed by atoms with Gasteiger partial charge >= 0.3 is 0 Å². The molecular weight excluding hydrogens is 148 g/mol. The zero-order valence-electron chi connectivity index (χ0n) is 8.02. The standard InChI is InChI=1S/C10H22N2/c11-7-9-12-8-6-10-4-2-1-3-5-10/h10,12H,1-9,11H2. The minimum Gasteiger partial charge on any atom is -0.329 e. The van der Waals surface area contributed by atoms with Gasteiger partial charge in [0, 0.05) is 13.1 Å². The third-order valence-electron chi connectivity index (χ3n) is 2.78. The van der Waals surface area contributed by atoms with E-state index in [0.717, 1.165) is 19.0 Å². The fraction of sp³-hybridized carbons (Fsp3) is 1.00. The first-order valence-corrected chi connectivity index (χ1v) is 5.34. The summed E-state index contributed by atoms with van der Waals surface area (Å²) in [6.45, 7) is 2.92. The molecule has 1 aliphatic carbocycles. The molecule has 3 N–H and O–H groups in total. The Labute approximate surface area is 75.9 Å². The van der Waals surface area contributed by atoms with Crippen LogP contribution in [0.4, 0.5) is 0 Å². The molecule has 0 aliphatic heterocycles. The summed E-state index contributed by atoms with van der Waals surface area (Å²) < 4.78 is 0. The second kappa shape index (κ2) is 6.44. The molecule has 0 aromatic carbocycles. The first-order valence-electron chi connectivity index (χ1n) is 5.34. The normalized spacial score (nSPS) is 19.8. The maximum absolute atomic E-state index is 5.39. The number of hydrogen-bond donors (Lipinski definition) is 2. The molecule has 0 bridgehead atoms. The highest BCUT2D eigenvalue weighted by Gasteiger charge is 2.11. The highest BCUT2D eigenvalue weighted by molar-refractivity contribution is 4.66. The zero-order chi connectivity index (χ0) is 8.65. The van der Waals surface area contributed by atoms with E-state index in [0.29, 0.717) is 0 Å². The lowest BCUT2D eigenvalue weighted by Crippen LogP contribution is -2.25. The summed E-state index contributed by atoms with van der Waals surface area (Å²) in [5.41, 5.74) is 5.39. The van der Waals surface area contributed by atoms with Crippen LogP contribution in [-0.2, 0) is 0 Å². The van der Waals surface area contributed by atoms with E-state index in [2.05, 4.69) is 5.32 Å². The predicted molar refractivity (Wildman–Crippen MR) is 53.1 cm³/mol. The van der Waals surface area contributed by atoms with Crippen LogP contribution in [0.2, 0.25) is 0 Å². The average molecular weight is 170 g/mol. The van der Waals surface area contributed by atoms with Crippen molar-refractivity contribution in [3.8, 4) is 0 Å². The molecular formula is C10H22N2. The Kier molecular flexibility index (Phi) is 5.37. The topological polar surface area (TPSA) is 38.0 Å². The third-order valence-corrected chi connectivity index (χ3v) is 2.78. The van der Waals surface area contributed by atoms with E-state index < -0.39 is 0 Å². The van der Waals surface area contributed by atoms with Gasteiger partial charge in [-0.3, -0.25) is 0 Å². The minimum absolute atomic E-state index is 0.769. The largest absolute Gasteiger partial charge is 0.329 e. The highest BCUT2D eigenvalue weighted by atomic mass is 14.9. The second-order valence-electron chi connectivity index (χ2n) is 3.83. The van der Waals surface area contributed by atoms with Crippen molar-refractivity contribution in [2.45, 2.75) is 38.5 Å². The molecule has 12 heavy (non-hydrogen) atoms.